The number of esters is 1. The molecule has 0 saturated heterocycles. The second kappa shape index (κ2) is 6.67. The topological polar surface area (TPSA) is 77.0 Å². The maximum absolute atomic E-state index is 11.8. The molecule has 0 spiro atoms. The minimum absolute atomic E-state index is 0.111. The minimum Gasteiger partial charge on any atom is -0.507 e. The van der Waals surface area contributed by atoms with E-state index in [1.54, 1.807) is 6.07 Å². The highest BCUT2D eigenvalue weighted by molar-refractivity contribution is 5.76. The first-order chi connectivity index (χ1) is 10.1. The lowest BCUT2D eigenvalue weighted by Gasteiger charge is -2.22. The minimum atomic E-state index is -0.412. The molecular weight excluding hydrogens is 274 g/mol. The van der Waals surface area contributed by atoms with Gasteiger partial charge in [0.15, 0.2) is 11.5 Å². The average Bonchev–Trinajstić information content (AvgIpc) is 2.93. The normalized spacial score (nSPS) is 15.6. The number of hydrogen-bond acceptors (Lipinski definition) is 6. The van der Waals surface area contributed by atoms with Crippen LogP contribution < -0.4 is 14.8 Å². The van der Waals surface area contributed by atoms with Gasteiger partial charge in [-0.1, -0.05) is 20.3 Å². The van der Waals surface area contributed by atoms with Crippen molar-refractivity contribution >= 4 is 5.97 Å². The van der Waals surface area contributed by atoms with E-state index in [1.165, 1.54) is 13.2 Å². The molecule has 0 radical (unpaired) electrons. The van der Waals surface area contributed by atoms with Gasteiger partial charge in [-0.05, 0) is 12.0 Å². The van der Waals surface area contributed by atoms with Crippen LogP contribution in [0, 0.1) is 5.92 Å². The molecule has 116 valence electrons. The molecule has 0 aliphatic carbocycles. The fourth-order valence-electron chi connectivity index (χ4n) is 2.21. The molecule has 2 rings (SSSR count). The molecule has 0 bridgehead atoms. The van der Waals surface area contributed by atoms with Crippen molar-refractivity contribution in [3.63, 3.8) is 0 Å². The summed E-state index contributed by atoms with van der Waals surface area (Å²) < 4.78 is 15.3. The van der Waals surface area contributed by atoms with Crippen molar-refractivity contribution in [1.29, 1.82) is 0 Å². The van der Waals surface area contributed by atoms with E-state index in [0.29, 0.717) is 23.6 Å². The van der Waals surface area contributed by atoms with Crippen LogP contribution in [0.25, 0.3) is 0 Å². The SMILES string of the molecule is CCC(C)C(NCc1cc2c(cc1O)OCO2)C(=O)OC. The quantitative estimate of drug-likeness (QED) is 0.779. The number of hydrogen-bond donors (Lipinski definition) is 2. The van der Waals surface area contributed by atoms with Crippen molar-refractivity contribution in [2.45, 2.75) is 32.9 Å². The Morgan fingerprint density at radius 3 is 2.71 bits per heavy atom. The van der Waals surface area contributed by atoms with Gasteiger partial charge in [0.05, 0.1) is 7.11 Å². The Morgan fingerprint density at radius 1 is 1.43 bits per heavy atom. The molecule has 2 N–H and O–H groups in total. The number of carbonyl (C=O) groups is 1. The van der Waals surface area contributed by atoms with Crippen molar-refractivity contribution < 1.29 is 24.1 Å². The maximum atomic E-state index is 11.8. The van der Waals surface area contributed by atoms with Crippen LogP contribution in [0.15, 0.2) is 12.1 Å². The lowest BCUT2D eigenvalue weighted by atomic mass is 9.99. The first kappa shape index (κ1) is 15.4. The molecule has 1 aliphatic heterocycles. The fraction of sp³-hybridized carbons (Fsp3) is 0.533. The monoisotopic (exact) mass is 295 g/mol. The second-order valence-corrected chi connectivity index (χ2v) is 5.10. The Hall–Kier alpha value is -1.95. The number of nitrogens with one attached hydrogen (secondary N) is 1. The highest BCUT2D eigenvalue weighted by atomic mass is 16.7. The van der Waals surface area contributed by atoms with Gasteiger partial charge in [-0.2, -0.15) is 0 Å². The summed E-state index contributed by atoms with van der Waals surface area (Å²) in [5.74, 6) is 1.07. The first-order valence-electron chi connectivity index (χ1n) is 6.99. The molecule has 1 aromatic rings. The number of ether oxygens (including phenoxy) is 3. The number of phenols is 1. The molecule has 0 fully saturated rings. The van der Waals surface area contributed by atoms with E-state index in [1.807, 2.05) is 13.8 Å². The van der Waals surface area contributed by atoms with Crippen LogP contribution in [0.4, 0.5) is 0 Å². The summed E-state index contributed by atoms with van der Waals surface area (Å²) in [6, 6.07) is 2.83. The Morgan fingerprint density at radius 2 is 2.10 bits per heavy atom. The van der Waals surface area contributed by atoms with Crippen LogP contribution in [0.3, 0.4) is 0 Å². The molecule has 1 aliphatic rings. The number of fused-ring (bicyclic) bond motifs is 1. The van der Waals surface area contributed by atoms with E-state index in [2.05, 4.69) is 5.32 Å². The maximum Gasteiger partial charge on any atom is 0.323 e. The number of phenolic OH excluding ortho intramolecular Hbond substituents is 1. The summed E-state index contributed by atoms with van der Waals surface area (Å²) in [6.07, 6.45) is 0.847. The zero-order valence-corrected chi connectivity index (χ0v) is 12.5. The number of benzene rings is 1. The van der Waals surface area contributed by atoms with Crippen molar-refractivity contribution in [3.8, 4) is 17.2 Å². The molecule has 0 saturated carbocycles. The molecular formula is C15H21NO5. The van der Waals surface area contributed by atoms with Gasteiger partial charge in [0.2, 0.25) is 6.79 Å². The fourth-order valence-corrected chi connectivity index (χ4v) is 2.21. The largest absolute Gasteiger partial charge is 0.507 e. The van der Waals surface area contributed by atoms with Crippen molar-refractivity contribution in [2.75, 3.05) is 13.9 Å². The van der Waals surface area contributed by atoms with Gasteiger partial charge in [-0.3, -0.25) is 10.1 Å². The van der Waals surface area contributed by atoms with Gasteiger partial charge in [-0.25, -0.2) is 0 Å². The Labute approximate surface area is 124 Å². The van der Waals surface area contributed by atoms with Gasteiger partial charge in [0.1, 0.15) is 11.8 Å². The van der Waals surface area contributed by atoms with Crippen molar-refractivity contribution in [1.82, 2.24) is 5.32 Å². The van der Waals surface area contributed by atoms with Crippen LogP contribution in [-0.2, 0) is 16.1 Å². The molecule has 1 heterocycles. The highest BCUT2D eigenvalue weighted by Crippen LogP contribution is 2.37. The van der Waals surface area contributed by atoms with Gasteiger partial charge >= 0.3 is 5.97 Å². The lowest BCUT2D eigenvalue weighted by Crippen LogP contribution is -2.42. The van der Waals surface area contributed by atoms with E-state index in [0.717, 1.165) is 6.42 Å². The standard InChI is InChI=1S/C15H21NO5/c1-4-9(2)14(15(18)19-3)16-7-10-5-12-13(6-11(10)17)21-8-20-12/h5-6,9,14,16-17H,4,7-8H2,1-3H3. The van der Waals surface area contributed by atoms with E-state index in [9.17, 15) is 9.90 Å². The van der Waals surface area contributed by atoms with Crippen LogP contribution >= 0.6 is 0 Å². The van der Waals surface area contributed by atoms with Crippen LogP contribution in [0.5, 0.6) is 17.2 Å². The predicted molar refractivity (Wildman–Crippen MR) is 76.3 cm³/mol. The van der Waals surface area contributed by atoms with Gasteiger partial charge in [0.25, 0.3) is 0 Å². The van der Waals surface area contributed by atoms with Gasteiger partial charge in [0, 0.05) is 18.2 Å². The summed E-state index contributed by atoms with van der Waals surface area (Å²) in [7, 11) is 1.37. The second-order valence-electron chi connectivity index (χ2n) is 5.10. The van der Waals surface area contributed by atoms with Gasteiger partial charge < -0.3 is 19.3 Å². The number of carbonyl (C=O) groups excluding carboxylic acids is 1. The molecule has 0 amide bonds. The molecule has 1 aromatic carbocycles. The average molecular weight is 295 g/mol. The third kappa shape index (κ3) is 3.39. The third-order valence-electron chi connectivity index (χ3n) is 3.75. The van der Waals surface area contributed by atoms with E-state index in [4.69, 9.17) is 14.2 Å². The predicted octanol–water partition coefficient (Wildman–Crippen LogP) is 1.80. The Bertz CT molecular complexity index is 517. The molecule has 2 unspecified atom stereocenters. The Balaban J connectivity index is 2.08. The van der Waals surface area contributed by atoms with Crippen LogP contribution in [0.2, 0.25) is 0 Å². The smallest absolute Gasteiger partial charge is 0.323 e. The summed E-state index contributed by atoms with van der Waals surface area (Å²) >= 11 is 0. The summed E-state index contributed by atoms with van der Waals surface area (Å²) in [5, 5.41) is 13.1. The van der Waals surface area contributed by atoms with E-state index >= 15 is 0 Å². The van der Waals surface area contributed by atoms with E-state index < -0.39 is 6.04 Å². The summed E-state index contributed by atoms with van der Waals surface area (Å²) in [4.78, 5) is 11.8. The van der Waals surface area contributed by atoms with Crippen LogP contribution in [-0.4, -0.2) is 31.0 Å². The van der Waals surface area contributed by atoms with Crippen molar-refractivity contribution in [3.05, 3.63) is 17.7 Å². The number of rotatable bonds is 6. The summed E-state index contributed by atoms with van der Waals surface area (Å²) in [6.45, 7) is 4.49. The Kier molecular flexibility index (Phi) is 4.90. The first-order valence-corrected chi connectivity index (χ1v) is 6.99. The highest BCUT2D eigenvalue weighted by Gasteiger charge is 2.25. The molecule has 6 heteroatoms. The van der Waals surface area contributed by atoms with E-state index in [-0.39, 0.29) is 24.4 Å². The molecule has 0 aromatic heterocycles. The molecule has 21 heavy (non-hydrogen) atoms. The molecule has 6 nitrogen and oxygen atoms in total. The third-order valence-corrected chi connectivity index (χ3v) is 3.75. The lowest BCUT2D eigenvalue weighted by molar-refractivity contribution is -0.144. The number of aromatic hydroxyl groups is 1. The zero-order valence-electron chi connectivity index (χ0n) is 12.5. The van der Waals surface area contributed by atoms with Crippen LogP contribution in [0.1, 0.15) is 25.8 Å². The zero-order chi connectivity index (χ0) is 15.4. The van der Waals surface area contributed by atoms with Gasteiger partial charge in [-0.15, -0.1) is 0 Å². The summed E-state index contributed by atoms with van der Waals surface area (Å²) in [5.41, 5.74) is 0.649. The van der Waals surface area contributed by atoms with Crippen molar-refractivity contribution in [2.24, 2.45) is 5.92 Å². The molecule has 2 atom stereocenters. The number of methoxy groups -OCH3 is 1.